The molecule has 206 valence electrons. The standard InChI is InChI=1S/C32H35FO6/c1-17-9-24-21(11-25-29(24)30(25)31(36)37)12-27(17)38-13-22-10-20(5-6-26(22)33)28-18(2)7-23(8-19(28)3)39-16-32(4,14-34)15-35/h5-10,12,25,27,29-30,34-35H,1,11,13-16H2,2-4H3,(H,36,37)/t25-,27?,29+,30+/m1/s1. The molecule has 2 aromatic rings. The summed E-state index contributed by atoms with van der Waals surface area (Å²) in [5.41, 5.74) is 6.42. The summed E-state index contributed by atoms with van der Waals surface area (Å²) in [6.45, 7) is 9.69. The Morgan fingerprint density at radius 1 is 1.15 bits per heavy atom. The molecule has 7 heteroatoms. The number of carboxylic acids is 1. The molecule has 3 N–H and O–H groups in total. The Hall–Kier alpha value is -3.26. The first kappa shape index (κ1) is 27.3. The number of rotatable bonds is 10. The highest BCUT2D eigenvalue weighted by atomic mass is 19.1. The smallest absolute Gasteiger partial charge is 0.307 e. The number of aliphatic hydroxyl groups excluding tert-OH is 2. The van der Waals surface area contributed by atoms with Crippen LogP contribution in [0, 0.1) is 42.8 Å². The van der Waals surface area contributed by atoms with Crippen LogP contribution in [-0.4, -0.2) is 47.2 Å². The van der Waals surface area contributed by atoms with Gasteiger partial charge in [0.25, 0.3) is 0 Å². The van der Waals surface area contributed by atoms with Crippen molar-refractivity contribution in [3.8, 4) is 16.9 Å². The van der Waals surface area contributed by atoms with Crippen LogP contribution in [0.25, 0.3) is 11.1 Å². The molecule has 2 aromatic carbocycles. The fraction of sp³-hybridized carbons (Fsp3) is 0.406. The second-order valence-corrected chi connectivity index (χ2v) is 11.5. The molecule has 39 heavy (non-hydrogen) atoms. The van der Waals surface area contributed by atoms with Crippen LogP contribution in [-0.2, 0) is 16.1 Å². The van der Waals surface area contributed by atoms with Crippen molar-refractivity contribution in [3.63, 3.8) is 0 Å². The van der Waals surface area contributed by atoms with Crippen LogP contribution < -0.4 is 4.74 Å². The molecule has 3 aliphatic rings. The Kier molecular flexibility index (Phi) is 7.27. The van der Waals surface area contributed by atoms with Gasteiger partial charge in [-0.25, -0.2) is 4.39 Å². The zero-order valence-electron chi connectivity index (χ0n) is 22.5. The predicted molar refractivity (Wildman–Crippen MR) is 146 cm³/mol. The zero-order chi connectivity index (χ0) is 28.1. The third-order valence-corrected chi connectivity index (χ3v) is 8.31. The van der Waals surface area contributed by atoms with Crippen LogP contribution in [0.2, 0.25) is 0 Å². The first-order chi connectivity index (χ1) is 18.5. The fourth-order valence-electron chi connectivity index (χ4n) is 5.94. The number of halogens is 1. The molecule has 0 bridgehead atoms. The molecular formula is C32H35FO6. The number of allylic oxidation sites excluding steroid dienone is 2. The minimum absolute atomic E-state index is 0.0705. The van der Waals surface area contributed by atoms with E-state index in [-0.39, 0.29) is 56.1 Å². The second kappa shape index (κ2) is 10.4. The van der Waals surface area contributed by atoms with Gasteiger partial charge in [-0.1, -0.05) is 25.6 Å². The molecule has 0 radical (unpaired) electrons. The van der Waals surface area contributed by atoms with Gasteiger partial charge in [0.1, 0.15) is 17.7 Å². The molecule has 3 aliphatic carbocycles. The quantitative estimate of drug-likeness (QED) is 0.391. The molecule has 0 spiro atoms. The largest absolute Gasteiger partial charge is 0.493 e. The highest BCUT2D eigenvalue weighted by molar-refractivity contribution is 5.78. The molecule has 6 nitrogen and oxygen atoms in total. The van der Waals surface area contributed by atoms with Crippen LogP contribution >= 0.6 is 0 Å². The number of aliphatic hydroxyl groups is 2. The number of aryl methyl sites for hydroxylation is 2. The molecule has 0 aromatic heterocycles. The number of hydrogen-bond acceptors (Lipinski definition) is 5. The molecule has 0 saturated heterocycles. The average molecular weight is 535 g/mol. The third-order valence-electron chi connectivity index (χ3n) is 8.31. The third kappa shape index (κ3) is 5.19. The maximum absolute atomic E-state index is 14.8. The van der Waals surface area contributed by atoms with Gasteiger partial charge in [-0.3, -0.25) is 4.79 Å². The van der Waals surface area contributed by atoms with E-state index < -0.39 is 11.4 Å². The van der Waals surface area contributed by atoms with Gasteiger partial charge in [0, 0.05) is 16.9 Å². The molecule has 2 saturated carbocycles. The maximum atomic E-state index is 14.8. The van der Waals surface area contributed by atoms with Crippen LogP contribution in [0.4, 0.5) is 4.39 Å². The van der Waals surface area contributed by atoms with Crippen molar-refractivity contribution in [2.75, 3.05) is 19.8 Å². The van der Waals surface area contributed by atoms with E-state index in [9.17, 15) is 24.5 Å². The number of carboxylic acid groups (broad SMARTS) is 1. The van der Waals surface area contributed by atoms with Crippen LogP contribution in [0.1, 0.15) is 30.0 Å². The normalized spacial score (nSPS) is 23.6. The lowest BCUT2D eigenvalue weighted by Gasteiger charge is -2.25. The lowest BCUT2D eigenvalue weighted by atomic mass is 9.90. The molecule has 5 rings (SSSR count). The molecule has 1 unspecified atom stereocenters. The maximum Gasteiger partial charge on any atom is 0.307 e. The summed E-state index contributed by atoms with van der Waals surface area (Å²) in [5.74, 6) is -0.482. The van der Waals surface area contributed by atoms with Gasteiger partial charge in [0.15, 0.2) is 0 Å². The Labute approximate surface area is 228 Å². The summed E-state index contributed by atoms with van der Waals surface area (Å²) in [7, 11) is 0. The molecule has 2 fully saturated rings. The average Bonchev–Trinajstić information content (AvgIpc) is 3.51. The lowest BCUT2D eigenvalue weighted by Crippen LogP contribution is -2.33. The van der Waals surface area contributed by atoms with Crippen molar-refractivity contribution in [1.29, 1.82) is 0 Å². The summed E-state index contributed by atoms with van der Waals surface area (Å²) in [6.07, 6.45) is 4.33. The van der Waals surface area contributed by atoms with Crippen molar-refractivity contribution in [2.45, 2.75) is 39.9 Å². The summed E-state index contributed by atoms with van der Waals surface area (Å²) in [4.78, 5) is 11.4. The minimum atomic E-state index is -0.734. The molecule has 4 atom stereocenters. The van der Waals surface area contributed by atoms with E-state index >= 15 is 0 Å². The number of hydrogen-bond donors (Lipinski definition) is 3. The van der Waals surface area contributed by atoms with Gasteiger partial charge in [-0.2, -0.15) is 0 Å². The van der Waals surface area contributed by atoms with E-state index in [0.717, 1.165) is 45.4 Å². The lowest BCUT2D eigenvalue weighted by molar-refractivity contribution is -0.139. The Bertz CT molecular complexity index is 1360. The van der Waals surface area contributed by atoms with Gasteiger partial charge < -0.3 is 24.8 Å². The summed E-state index contributed by atoms with van der Waals surface area (Å²) in [6, 6.07) is 8.82. The van der Waals surface area contributed by atoms with E-state index in [0.29, 0.717) is 11.3 Å². The van der Waals surface area contributed by atoms with E-state index in [1.54, 1.807) is 13.0 Å². The summed E-state index contributed by atoms with van der Waals surface area (Å²) < 4.78 is 26.8. The van der Waals surface area contributed by atoms with E-state index in [1.165, 1.54) is 6.07 Å². The Balaban J connectivity index is 1.29. The van der Waals surface area contributed by atoms with E-state index in [2.05, 4.69) is 6.58 Å². The molecule has 0 aliphatic heterocycles. The van der Waals surface area contributed by atoms with Crippen molar-refractivity contribution in [2.24, 2.45) is 23.2 Å². The minimum Gasteiger partial charge on any atom is -0.493 e. The van der Waals surface area contributed by atoms with E-state index in [4.69, 9.17) is 9.47 Å². The molecule has 0 amide bonds. The van der Waals surface area contributed by atoms with Gasteiger partial charge in [-0.05, 0) is 95.5 Å². The van der Waals surface area contributed by atoms with Gasteiger partial charge >= 0.3 is 5.97 Å². The highest BCUT2D eigenvalue weighted by Crippen LogP contribution is 2.63. The molecule has 0 heterocycles. The Morgan fingerprint density at radius 2 is 1.85 bits per heavy atom. The number of carbonyl (C=O) groups is 1. The summed E-state index contributed by atoms with van der Waals surface area (Å²) in [5, 5.41) is 28.4. The predicted octanol–water partition coefficient (Wildman–Crippen LogP) is 5.14. The monoisotopic (exact) mass is 534 g/mol. The topological polar surface area (TPSA) is 96.2 Å². The van der Waals surface area contributed by atoms with Crippen molar-refractivity contribution < 1.29 is 34.0 Å². The van der Waals surface area contributed by atoms with Crippen molar-refractivity contribution >= 4 is 5.97 Å². The second-order valence-electron chi connectivity index (χ2n) is 11.5. The zero-order valence-corrected chi connectivity index (χ0v) is 22.5. The van der Waals surface area contributed by atoms with Crippen LogP contribution in [0.15, 0.2) is 65.8 Å². The van der Waals surface area contributed by atoms with Crippen LogP contribution in [0.5, 0.6) is 5.75 Å². The number of benzene rings is 2. The fourth-order valence-corrected chi connectivity index (χ4v) is 5.94. The highest BCUT2D eigenvalue weighted by Gasteiger charge is 2.61. The Morgan fingerprint density at radius 3 is 2.49 bits per heavy atom. The van der Waals surface area contributed by atoms with Crippen LogP contribution in [0.3, 0.4) is 0 Å². The SMILES string of the molecule is C=C1C=C2C(=CC1OCc1cc(-c3c(C)cc(OCC(C)(CO)CO)cc3C)ccc1F)C[C@H]1[C@H](C(=O)O)[C@@H]21. The van der Waals surface area contributed by atoms with E-state index in [1.807, 2.05) is 44.2 Å². The van der Waals surface area contributed by atoms with Crippen molar-refractivity contribution in [1.82, 2.24) is 0 Å². The van der Waals surface area contributed by atoms with Crippen molar-refractivity contribution in [3.05, 3.63) is 88.3 Å². The van der Waals surface area contributed by atoms with Gasteiger partial charge in [-0.15, -0.1) is 0 Å². The molecular weight excluding hydrogens is 499 g/mol. The number of aliphatic carboxylic acids is 1. The number of fused-ring (bicyclic) bond motifs is 3. The first-order valence-corrected chi connectivity index (χ1v) is 13.3. The number of ether oxygens (including phenoxy) is 2. The van der Waals surface area contributed by atoms with Gasteiger partial charge in [0.05, 0.1) is 32.3 Å². The first-order valence-electron chi connectivity index (χ1n) is 13.3. The summed E-state index contributed by atoms with van der Waals surface area (Å²) >= 11 is 0. The van der Waals surface area contributed by atoms with Gasteiger partial charge in [0.2, 0.25) is 0 Å².